The highest BCUT2D eigenvalue weighted by Gasteiger charge is 2.47. The second-order valence-corrected chi connectivity index (χ2v) is 4.33. The third-order valence-corrected chi connectivity index (χ3v) is 3.24. The number of nitrogens with two attached hydrogens (primary N) is 1. The Labute approximate surface area is 104 Å². The Morgan fingerprint density at radius 3 is 2.50 bits per heavy atom. The normalized spacial score (nSPS) is 36.2. The number of aliphatic hydroxyl groups is 3. The van der Waals surface area contributed by atoms with E-state index in [9.17, 15) is 15.3 Å². The summed E-state index contributed by atoms with van der Waals surface area (Å²) in [5, 5.41) is 34.4. The summed E-state index contributed by atoms with van der Waals surface area (Å²) < 4.78 is 0. The molecule has 0 bridgehead atoms. The molecule has 2 rings (SSSR count). The van der Waals surface area contributed by atoms with Crippen LogP contribution in [0, 0.1) is 5.92 Å². The van der Waals surface area contributed by atoms with Gasteiger partial charge in [0.25, 0.3) is 0 Å². The molecule has 1 aliphatic heterocycles. The lowest BCUT2D eigenvalue weighted by Crippen LogP contribution is -2.42. The molecule has 7 heteroatoms. The number of rotatable bonds is 2. The summed E-state index contributed by atoms with van der Waals surface area (Å²) in [6, 6.07) is -0.669. The minimum atomic E-state index is -1.11. The van der Waals surface area contributed by atoms with Crippen molar-refractivity contribution in [3.8, 4) is 0 Å². The highest BCUT2D eigenvalue weighted by molar-refractivity contribution is 6.29. The van der Waals surface area contributed by atoms with Gasteiger partial charge in [0, 0.05) is 5.92 Å². The van der Waals surface area contributed by atoms with Crippen LogP contribution in [0.2, 0.25) is 0 Å². The average Bonchev–Trinajstić information content (AvgIpc) is 2.52. The van der Waals surface area contributed by atoms with Crippen LogP contribution in [0.1, 0.15) is 0 Å². The molecule has 98 valence electrons. The van der Waals surface area contributed by atoms with E-state index in [4.69, 9.17) is 5.73 Å². The number of aliphatic hydroxyl groups excluding tert-OH is 3. The highest BCUT2D eigenvalue weighted by atomic mass is 16.3. The van der Waals surface area contributed by atoms with Crippen LogP contribution in [0.3, 0.4) is 0 Å². The molecule has 0 radical (unpaired) electrons. The van der Waals surface area contributed by atoms with E-state index in [1.54, 1.807) is 0 Å². The molecule has 0 aromatic heterocycles. The summed E-state index contributed by atoms with van der Waals surface area (Å²) in [7, 11) is 0. The molecule has 7 nitrogen and oxygen atoms in total. The van der Waals surface area contributed by atoms with E-state index in [0.29, 0.717) is 5.57 Å². The van der Waals surface area contributed by atoms with Crippen LogP contribution in [0.5, 0.6) is 0 Å². The summed E-state index contributed by atoms with van der Waals surface area (Å²) in [5.74, 6) is -0.115. The van der Waals surface area contributed by atoms with Crippen molar-refractivity contribution < 1.29 is 15.3 Å². The van der Waals surface area contributed by atoms with E-state index in [1.165, 1.54) is 11.2 Å². The fraction of sp³-hybridized carbons (Fsp3) is 0.455. The van der Waals surface area contributed by atoms with Gasteiger partial charge < -0.3 is 21.1 Å². The molecule has 1 aliphatic carbocycles. The fourth-order valence-corrected chi connectivity index (χ4v) is 2.26. The van der Waals surface area contributed by atoms with E-state index >= 15 is 0 Å². The molecule has 4 atom stereocenters. The Morgan fingerprint density at radius 1 is 1.33 bits per heavy atom. The van der Waals surface area contributed by atoms with Gasteiger partial charge in [-0.15, -0.1) is 0 Å². The molecule has 1 saturated carbocycles. The zero-order chi connectivity index (χ0) is 13.4. The fourth-order valence-electron chi connectivity index (χ4n) is 2.26. The average molecular weight is 252 g/mol. The first kappa shape index (κ1) is 12.7. The predicted molar refractivity (Wildman–Crippen MR) is 66.6 cm³/mol. The van der Waals surface area contributed by atoms with E-state index in [2.05, 4.69) is 23.3 Å². The zero-order valence-electron chi connectivity index (χ0n) is 9.77. The third kappa shape index (κ3) is 1.82. The molecule has 2 aliphatic rings. The van der Waals surface area contributed by atoms with Gasteiger partial charge in [0.1, 0.15) is 23.8 Å². The van der Waals surface area contributed by atoms with Crippen molar-refractivity contribution in [1.82, 2.24) is 5.01 Å². The van der Waals surface area contributed by atoms with Crippen molar-refractivity contribution in [3.63, 3.8) is 0 Å². The van der Waals surface area contributed by atoms with Gasteiger partial charge in [-0.3, -0.25) is 0 Å². The molecule has 5 N–H and O–H groups in total. The van der Waals surface area contributed by atoms with Gasteiger partial charge in [0.05, 0.1) is 18.9 Å². The molecule has 1 heterocycles. The third-order valence-electron chi connectivity index (χ3n) is 3.24. The Hall–Kier alpha value is -1.70. The van der Waals surface area contributed by atoms with E-state index in [0.717, 1.165) is 0 Å². The zero-order valence-corrected chi connectivity index (χ0v) is 9.77. The molecule has 1 unspecified atom stereocenters. The standard InChI is InChI=1S/C11H16N4O3/c1-5-7(4-16)10(17)11(18)9(5)15-6(2)14-8(12)3-13-15/h3,7,9-11,16-18H,1-2,4H2,(H2,12,14)/t7-,9+,10-,11?/m0/s1. The van der Waals surface area contributed by atoms with Crippen molar-refractivity contribution in [2.45, 2.75) is 18.2 Å². The van der Waals surface area contributed by atoms with Crippen LogP contribution in [-0.4, -0.2) is 57.2 Å². The van der Waals surface area contributed by atoms with Crippen LogP contribution in [-0.2, 0) is 0 Å². The molecular formula is C11H16N4O3. The van der Waals surface area contributed by atoms with Crippen molar-refractivity contribution in [2.24, 2.45) is 21.7 Å². The SMILES string of the molecule is C=C1[C@@H](N2N=CC(N)=NC2=C)C(O)[C@@H](O)[C@H]1CO. The number of hydrogen-bond acceptors (Lipinski definition) is 7. The molecule has 0 spiro atoms. The van der Waals surface area contributed by atoms with Crippen molar-refractivity contribution >= 4 is 12.1 Å². The lowest BCUT2D eigenvalue weighted by molar-refractivity contribution is -0.0129. The maximum atomic E-state index is 10.0. The maximum Gasteiger partial charge on any atom is 0.146 e. The first-order valence-corrected chi connectivity index (χ1v) is 5.49. The summed E-state index contributed by atoms with van der Waals surface area (Å²) in [6.07, 6.45) is -0.871. The summed E-state index contributed by atoms with van der Waals surface area (Å²) >= 11 is 0. The van der Waals surface area contributed by atoms with E-state index in [-0.39, 0.29) is 18.3 Å². The maximum absolute atomic E-state index is 10.0. The second kappa shape index (κ2) is 4.52. The lowest BCUT2D eigenvalue weighted by atomic mass is 10.0. The van der Waals surface area contributed by atoms with Gasteiger partial charge >= 0.3 is 0 Å². The van der Waals surface area contributed by atoms with Gasteiger partial charge in [0.15, 0.2) is 0 Å². The summed E-state index contributed by atoms with van der Waals surface area (Å²) in [6.45, 7) is 7.20. The van der Waals surface area contributed by atoms with Crippen LogP contribution < -0.4 is 5.73 Å². The topological polar surface area (TPSA) is 115 Å². The van der Waals surface area contributed by atoms with Crippen molar-refractivity contribution in [3.05, 3.63) is 24.6 Å². The number of aliphatic imine (C=N–C) groups is 1. The van der Waals surface area contributed by atoms with Crippen LogP contribution in [0.25, 0.3) is 0 Å². The van der Waals surface area contributed by atoms with Gasteiger partial charge in [0.2, 0.25) is 0 Å². The predicted octanol–water partition coefficient (Wildman–Crippen LogP) is -1.62. The van der Waals surface area contributed by atoms with Gasteiger partial charge in [-0.2, -0.15) is 5.10 Å². The minimum Gasteiger partial charge on any atom is -0.396 e. The van der Waals surface area contributed by atoms with Crippen molar-refractivity contribution in [1.29, 1.82) is 0 Å². The van der Waals surface area contributed by atoms with Gasteiger partial charge in [-0.05, 0) is 5.57 Å². The molecule has 0 aromatic rings. The largest absolute Gasteiger partial charge is 0.396 e. The monoisotopic (exact) mass is 252 g/mol. The molecule has 0 aromatic carbocycles. The number of amidine groups is 1. The van der Waals surface area contributed by atoms with Gasteiger partial charge in [-0.25, -0.2) is 10.0 Å². The Bertz CT molecular complexity index is 446. The highest BCUT2D eigenvalue weighted by Crippen LogP contribution is 2.36. The Balaban J connectivity index is 2.27. The Kier molecular flexibility index (Phi) is 3.20. The number of nitrogens with zero attached hydrogens (tertiary/aromatic N) is 3. The van der Waals surface area contributed by atoms with E-state index < -0.39 is 24.2 Å². The number of hydrogen-bond donors (Lipinski definition) is 4. The molecule has 1 fully saturated rings. The lowest BCUT2D eigenvalue weighted by Gasteiger charge is -2.30. The van der Waals surface area contributed by atoms with Crippen LogP contribution >= 0.6 is 0 Å². The van der Waals surface area contributed by atoms with E-state index in [1.807, 2.05) is 0 Å². The van der Waals surface area contributed by atoms with Crippen LogP contribution in [0.4, 0.5) is 0 Å². The molecule has 18 heavy (non-hydrogen) atoms. The summed E-state index contributed by atoms with van der Waals surface area (Å²) in [5.41, 5.74) is 5.97. The first-order valence-electron chi connectivity index (χ1n) is 5.49. The quantitative estimate of drug-likeness (QED) is 0.441. The minimum absolute atomic E-state index is 0.216. The first-order chi connectivity index (χ1) is 8.47. The molecular weight excluding hydrogens is 236 g/mol. The molecule has 0 saturated heterocycles. The summed E-state index contributed by atoms with van der Waals surface area (Å²) in [4.78, 5) is 3.93. The second-order valence-electron chi connectivity index (χ2n) is 4.33. The molecule has 0 amide bonds. The van der Waals surface area contributed by atoms with Crippen molar-refractivity contribution in [2.75, 3.05) is 6.61 Å². The van der Waals surface area contributed by atoms with Crippen LogP contribution in [0.15, 0.2) is 34.6 Å². The number of hydrazone groups is 1. The smallest absolute Gasteiger partial charge is 0.146 e. The Morgan fingerprint density at radius 2 is 2.00 bits per heavy atom. The van der Waals surface area contributed by atoms with Gasteiger partial charge in [-0.1, -0.05) is 13.2 Å².